The van der Waals surface area contributed by atoms with E-state index in [0.717, 1.165) is 19.6 Å². The first-order chi connectivity index (χ1) is 9.41. The molecule has 0 saturated carbocycles. The van der Waals surface area contributed by atoms with Gasteiger partial charge in [0.15, 0.2) is 0 Å². The molecule has 0 radical (unpaired) electrons. The van der Waals surface area contributed by atoms with Crippen LogP contribution in [0.15, 0.2) is 0 Å². The number of carbonyl (C=O) groups is 2. The minimum absolute atomic E-state index is 0.243. The molecule has 7 heteroatoms. The van der Waals surface area contributed by atoms with Crippen molar-refractivity contribution in [3.05, 3.63) is 0 Å². The van der Waals surface area contributed by atoms with E-state index in [-0.39, 0.29) is 6.54 Å². The van der Waals surface area contributed by atoms with E-state index in [2.05, 4.69) is 4.90 Å². The van der Waals surface area contributed by atoms with E-state index in [1.165, 1.54) is 0 Å². The SMILES string of the molecule is CC(CN(CCN1CCOCC1)C(C)C(=O)O)C(=O)O. The second-order valence-corrected chi connectivity index (χ2v) is 5.20. The van der Waals surface area contributed by atoms with Gasteiger partial charge in [-0.15, -0.1) is 0 Å². The van der Waals surface area contributed by atoms with Gasteiger partial charge >= 0.3 is 11.9 Å². The zero-order valence-electron chi connectivity index (χ0n) is 12.1. The smallest absolute Gasteiger partial charge is 0.320 e. The molecule has 0 aromatic carbocycles. The van der Waals surface area contributed by atoms with Gasteiger partial charge in [0.2, 0.25) is 0 Å². The van der Waals surface area contributed by atoms with Gasteiger partial charge in [0.1, 0.15) is 6.04 Å². The number of nitrogens with zero attached hydrogens (tertiary/aromatic N) is 2. The number of hydrogen-bond donors (Lipinski definition) is 2. The normalized spacial score (nSPS) is 19.8. The molecule has 0 aromatic heterocycles. The predicted molar refractivity (Wildman–Crippen MR) is 72.7 cm³/mol. The van der Waals surface area contributed by atoms with E-state index in [9.17, 15) is 9.59 Å². The van der Waals surface area contributed by atoms with Gasteiger partial charge in [-0.2, -0.15) is 0 Å². The van der Waals surface area contributed by atoms with E-state index in [0.29, 0.717) is 19.8 Å². The molecule has 1 aliphatic heterocycles. The number of ether oxygens (including phenoxy) is 1. The zero-order valence-corrected chi connectivity index (χ0v) is 12.1. The maximum Gasteiger partial charge on any atom is 0.320 e. The molecule has 0 amide bonds. The van der Waals surface area contributed by atoms with E-state index in [4.69, 9.17) is 14.9 Å². The maximum atomic E-state index is 11.1. The van der Waals surface area contributed by atoms with Crippen LogP contribution in [0.4, 0.5) is 0 Å². The standard InChI is InChI=1S/C13H24N2O5/c1-10(12(16)17)9-15(11(2)13(18)19)4-3-14-5-7-20-8-6-14/h10-11H,3-9H2,1-2H3,(H,16,17)(H,18,19). The highest BCUT2D eigenvalue weighted by molar-refractivity contribution is 5.73. The average Bonchev–Trinajstić information content (AvgIpc) is 2.43. The first-order valence-corrected chi connectivity index (χ1v) is 6.91. The lowest BCUT2D eigenvalue weighted by molar-refractivity contribution is -0.146. The van der Waals surface area contributed by atoms with Crippen molar-refractivity contribution in [2.45, 2.75) is 19.9 Å². The summed E-state index contributed by atoms with van der Waals surface area (Å²) in [5, 5.41) is 18.1. The molecule has 2 unspecified atom stereocenters. The lowest BCUT2D eigenvalue weighted by Gasteiger charge is -2.32. The van der Waals surface area contributed by atoms with E-state index < -0.39 is 23.9 Å². The molecule has 7 nitrogen and oxygen atoms in total. The summed E-state index contributed by atoms with van der Waals surface area (Å²) < 4.78 is 5.26. The third-order valence-electron chi connectivity index (χ3n) is 3.64. The van der Waals surface area contributed by atoms with Crippen molar-refractivity contribution in [2.75, 3.05) is 45.9 Å². The molecular formula is C13H24N2O5. The summed E-state index contributed by atoms with van der Waals surface area (Å²) >= 11 is 0. The largest absolute Gasteiger partial charge is 0.481 e. The Bertz CT molecular complexity index is 331. The highest BCUT2D eigenvalue weighted by atomic mass is 16.5. The van der Waals surface area contributed by atoms with Crippen LogP contribution in [0, 0.1) is 5.92 Å². The van der Waals surface area contributed by atoms with Crippen LogP contribution in [0.5, 0.6) is 0 Å². The van der Waals surface area contributed by atoms with Crippen molar-refractivity contribution in [3.8, 4) is 0 Å². The zero-order chi connectivity index (χ0) is 15.1. The van der Waals surface area contributed by atoms with Crippen LogP contribution in [0.3, 0.4) is 0 Å². The van der Waals surface area contributed by atoms with Gasteiger partial charge in [0, 0.05) is 32.7 Å². The number of carboxylic acids is 2. The lowest BCUT2D eigenvalue weighted by Crippen LogP contribution is -2.47. The van der Waals surface area contributed by atoms with Gasteiger partial charge in [0.05, 0.1) is 19.1 Å². The molecule has 1 fully saturated rings. The van der Waals surface area contributed by atoms with Gasteiger partial charge in [-0.1, -0.05) is 6.92 Å². The molecule has 2 atom stereocenters. The number of hydrogen-bond acceptors (Lipinski definition) is 5. The van der Waals surface area contributed by atoms with Gasteiger partial charge in [-0.3, -0.25) is 19.4 Å². The fourth-order valence-corrected chi connectivity index (χ4v) is 2.12. The Morgan fingerprint density at radius 2 is 1.80 bits per heavy atom. The number of carboxylic acid groups (broad SMARTS) is 2. The second kappa shape index (κ2) is 8.18. The Hall–Kier alpha value is -1.18. The summed E-state index contributed by atoms with van der Waals surface area (Å²) in [6, 6.07) is -0.683. The number of morpholine rings is 1. The topological polar surface area (TPSA) is 90.3 Å². The minimum atomic E-state index is -0.926. The van der Waals surface area contributed by atoms with Crippen molar-refractivity contribution >= 4 is 11.9 Å². The molecule has 1 aliphatic rings. The monoisotopic (exact) mass is 288 g/mol. The van der Waals surface area contributed by atoms with Crippen LogP contribution >= 0.6 is 0 Å². The Kier molecular flexibility index (Phi) is 6.90. The third kappa shape index (κ3) is 5.44. The molecule has 1 rings (SSSR count). The molecule has 0 aromatic rings. The first kappa shape index (κ1) is 16.9. The van der Waals surface area contributed by atoms with Gasteiger partial charge < -0.3 is 14.9 Å². The van der Waals surface area contributed by atoms with Crippen molar-refractivity contribution in [1.82, 2.24) is 9.80 Å². The highest BCUT2D eigenvalue weighted by Crippen LogP contribution is 2.07. The molecule has 0 bridgehead atoms. The van der Waals surface area contributed by atoms with Crippen LogP contribution in [0.25, 0.3) is 0 Å². The van der Waals surface area contributed by atoms with E-state index in [1.54, 1.807) is 18.7 Å². The Balaban J connectivity index is 2.52. The molecule has 1 heterocycles. The number of aliphatic carboxylic acids is 2. The predicted octanol–water partition coefficient (Wildman–Crippen LogP) is -0.186. The van der Waals surface area contributed by atoms with Crippen molar-refractivity contribution < 1.29 is 24.5 Å². The summed E-state index contributed by atoms with van der Waals surface area (Å²) in [5.74, 6) is -2.41. The lowest BCUT2D eigenvalue weighted by atomic mass is 10.1. The molecule has 2 N–H and O–H groups in total. The van der Waals surface area contributed by atoms with Crippen LogP contribution < -0.4 is 0 Å². The maximum absolute atomic E-state index is 11.1. The molecular weight excluding hydrogens is 264 g/mol. The minimum Gasteiger partial charge on any atom is -0.481 e. The van der Waals surface area contributed by atoms with Crippen LogP contribution in [-0.4, -0.2) is 83.9 Å². The summed E-state index contributed by atoms with van der Waals surface area (Å²) in [6.45, 7) is 7.77. The Labute approximate surface area is 119 Å². The highest BCUT2D eigenvalue weighted by Gasteiger charge is 2.25. The molecule has 0 aliphatic carbocycles. The summed E-state index contributed by atoms with van der Waals surface area (Å²) in [4.78, 5) is 26.0. The first-order valence-electron chi connectivity index (χ1n) is 6.91. The van der Waals surface area contributed by atoms with Crippen LogP contribution in [0.2, 0.25) is 0 Å². The second-order valence-electron chi connectivity index (χ2n) is 5.20. The average molecular weight is 288 g/mol. The van der Waals surface area contributed by atoms with Gasteiger partial charge in [-0.25, -0.2) is 0 Å². The number of rotatable bonds is 8. The fraction of sp³-hybridized carbons (Fsp3) is 0.846. The van der Waals surface area contributed by atoms with Crippen LogP contribution in [0.1, 0.15) is 13.8 Å². The van der Waals surface area contributed by atoms with Crippen molar-refractivity contribution in [3.63, 3.8) is 0 Å². The molecule has 20 heavy (non-hydrogen) atoms. The van der Waals surface area contributed by atoms with Crippen molar-refractivity contribution in [2.24, 2.45) is 5.92 Å². The summed E-state index contributed by atoms with van der Waals surface area (Å²) in [5.41, 5.74) is 0. The molecule has 116 valence electrons. The quantitative estimate of drug-likeness (QED) is 0.640. The van der Waals surface area contributed by atoms with Gasteiger partial charge in [0.25, 0.3) is 0 Å². The van der Waals surface area contributed by atoms with E-state index >= 15 is 0 Å². The third-order valence-corrected chi connectivity index (χ3v) is 3.64. The molecule has 1 saturated heterocycles. The Morgan fingerprint density at radius 3 is 2.30 bits per heavy atom. The molecule has 0 spiro atoms. The fourth-order valence-electron chi connectivity index (χ4n) is 2.12. The Morgan fingerprint density at radius 1 is 1.20 bits per heavy atom. The van der Waals surface area contributed by atoms with Crippen molar-refractivity contribution in [1.29, 1.82) is 0 Å². The van der Waals surface area contributed by atoms with Gasteiger partial charge in [-0.05, 0) is 6.92 Å². The summed E-state index contributed by atoms with van der Waals surface area (Å²) in [7, 11) is 0. The summed E-state index contributed by atoms with van der Waals surface area (Å²) in [6.07, 6.45) is 0. The van der Waals surface area contributed by atoms with E-state index in [1.807, 2.05) is 0 Å². The van der Waals surface area contributed by atoms with Crippen LogP contribution in [-0.2, 0) is 14.3 Å².